The fraction of sp³-hybridized carbons (Fsp3) is 0.462. The third-order valence-electron chi connectivity index (χ3n) is 3.83. The molecule has 0 radical (unpaired) electrons. The van der Waals surface area contributed by atoms with Gasteiger partial charge in [0, 0.05) is 8.95 Å². The molecule has 0 heterocycles. The zero-order valence-corrected chi connectivity index (χ0v) is 14.3. The average molecular weight is 407 g/mol. The summed E-state index contributed by atoms with van der Waals surface area (Å²) in [6.45, 7) is 1.85. The van der Waals surface area contributed by atoms with Crippen LogP contribution in [-0.4, -0.2) is 13.2 Å². The Balaban J connectivity index is 2.66. The molecule has 2 unspecified atom stereocenters. The van der Waals surface area contributed by atoms with Crippen molar-refractivity contribution in [3.8, 4) is 6.07 Å². The lowest BCUT2D eigenvalue weighted by molar-refractivity contribution is 0.494. The van der Waals surface area contributed by atoms with Gasteiger partial charge in [0.25, 0.3) is 0 Å². The van der Waals surface area contributed by atoms with Gasteiger partial charge in [-0.3, -0.25) is 0 Å². The first kappa shape index (κ1) is 15.0. The first-order chi connectivity index (χ1) is 8.85. The van der Waals surface area contributed by atoms with E-state index in [1.54, 1.807) is 18.2 Å². The molecule has 0 N–H and O–H groups in total. The van der Waals surface area contributed by atoms with E-state index in [1.165, 1.54) is 0 Å². The third-order valence-corrected chi connectivity index (χ3v) is 7.85. The number of rotatable bonds is 2. The van der Waals surface area contributed by atoms with E-state index in [9.17, 15) is 13.7 Å². The fourth-order valence-corrected chi connectivity index (χ4v) is 6.23. The van der Waals surface area contributed by atoms with Crippen molar-refractivity contribution in [1.29, 1.82) is 5.26 Å². The Labute approximate surface area is 130 Å². The molecule has 0 bridgehead atoms. The molecular weight excluding hydrogens is 394 g/mol. The van der Waals surface area contributed by atoms with Gasteiger partial charge in [-0.05, 0) is 52.9 Å². The third kappa shape index (κ3) is 2.26. The molecular formula is C13H13Br2NO2S. The van der Waals surface area contributed by atoms with E-state index in [0.717, 1.165) is 12.8 Å². The molecule has 19 heavy (non-hydrogen) atoms. The van der Waals surface area contributed by atoms with E-state index in [-0.39, 0.29) is 10.8 Å². The lowest BCUT2D eigenvalue weighted by Gasteiger charge is -2.26. The van der Waals surface area contributed by atoms with E-state index >= 15 is 0 Å². The van der Waals surface area contributed by atoms with Gasteiger partial charge in [-0.2, -0.15) is 5.26 Å². The van der Waals surface area contributed by atoms with Gasteiger partial charge in [0.05, 0.1) is 11.0 Å². The maximum Gasteiger partial charge on any atom is 0.198 e. The molecule has 3 nitrogen and oxygen atoms in total. The predicted molar refractivity (Wildman–Crippen MR) is 80.4 cm³/mol. The molecule has 2 atom stereocenters. The fourth-order valence-electron chi connectivity index (χ4n) is 2.66. The van der Waals surface area contributed by atoms with Gasteiger partial charge in [0.2, 0.25) is 0 Å². The Morgan fingerprint density at radius 1 is 1.42 bits per heavy atom. The van der Waals surface area contributed by atoms with Crippen molar-refractivity contribution in [2.45, 2.75) is 35.8 Å². The largest absolute Gasteiger partial charge is 0.222 e. The molecule has 0 spiro atoms. The highest BCUT2D eigenvalue weighted by Gasteiger charge is 2.52. The molecule has 0 saturated heterocycles. The highest BCUT2D eigenvalue weighted by atomic mass is 79.9. The zero-order chi connectivity index (χ0) is 14.3. The van der Waals surface area contributed by atoms with Crippen LogP contribution in [-0.2, 0) is 9.84 Å². The Hall–Kier alpha value is -0.380. The maximum atomic E-state index is 12.9. The van der Waals surface area contributed by atoms with Gasteiger partial charge in [-0.1, -0.05) is 29.3 Å². The van der Waals surface area contributed by atoms with Crippen LogP contribution in [0.2, 0.25) is 0 Å². The average Bonchev–Trinajstić information content (AvgIpc) is 2.75. The minimum absolute atomic E-state index is 0.145. The molecule has 1 aliphatic rings. The summed E-state index contributed by atoms with van der Waals surface area (Å²) in [4.78, 5) is 0.192. The van der Waals surface area contributed by atoms with Gasteiger partial charge < -0.3 is 0 Å². The van der Waals surface area contributed by atoms with Crippen LogP contribution in [0.1, 0.15) is 26.2 Å². The molecule has 1 aromatic carbocycles. The maximum absolute atomic E-state index is 12.9. The number of nitrogens with zero attached hydrogens (tertiary/aromatic N) is 1. The van der Waals surface area contributed by atoms with Gasteiger partial charge in [0.15, 0.2) is 14.6 Å². The highest BCUT2D eigenvalue weighted by molar-refractivity contribution is 9.11. The highest BCUT2D eigenvalue weighted by Crippen LogP contribution is 2.45. The number of benzene rings is 1. The van der Waals surface area contributed by atoms with Gasteiger partial charge in [-0.15, -0.1) is 0 Å². The lowest BCUT2D eigenvalue weighted by atomic mass is 9.99. The number of nitriles is 1. The van der Waals surface area contributed by atoms with Crippen LogP contribution in [0.25, 0.3) is 0 Å². The molecule has 1 aliphatic carbocycles. The number of halogens is 2. The summed E-state index contributed by atoms with van der Waals surface area (Å²) in [5.41, 5.74) is 0. The second-order valence-electron chi connectivity index (χ2n) is 4.87. The zero-order valence-electron chi connectivity index (χ0n) is 10.4. The topological polar surface area (TPSA) is 57.9 Å². The number of hydrogen-bond donors (Lipinski definition) is 0. The van der Waals surface area contributed by atoms with Crippen LogP contribution in [0.4, 0.5) is 0 Å². The Kier molecular flexibility index (Phi) is 4.10. The summed E-state index contributed by atoms with van der Waals surface area (Å²) < 4.78 is 25.7. The van der Waals surface area contributed by atoms with E-state index in [4.69, 9.17) is 0 Å². The van der Waals surface area contributed by atoms with Crippen LogP contribution in [0.5, 0.6) is 0 Å². The summed E-state index contributed by atoms with van der Waals surface area (Å²) >= 11 is 6.56. The quantitative estimate of drug-likeness (QED) is 0.743. The standard InChI is InChI=1S/C13H13Br2NO2S/c1-9-3-2-6-13(9,8-16)19(17,18)12-7-10(14)4-5-11(12)15/h4-5,7,9H,2-3,6H2,1H3. The smallest absolute Gasteiger partial charge is 0.198 e. The van der Waals surface area contributed by atoms with Crippen LogP contribution < -0.4 is 0 Å². The first-order valence-corrected chi connectivity index (χ1v) is 9.03. The predicted octanol–water partition coefficient (Wildman–Crippen LogP) is 4.07. The lowest BCUT2D eigenvalue weighted by Crippen LogP contribution is -2.39. The molecule has 102 valence electrons. The number of sulfone groups is 1. The van der Waals surface area contributed by atoms with Crippen molar-refractivity contribution >= 4 is 41.7 Å². The normalized spacial score (nSPS) is 27.2. The van der Waals surface area contributed by atoms with Crippen molar-refractivity contribution in [2.24, 2.45) is 5.92 Å². The summed E-state index contributed by atoms with van der Waals surface area (Å²) in [5.74, 6) is -0.145. The Morgan fingerprint density at radius 2 is 2.11 bits per heavy atom. The van der Waals surface area contributed by atoms with Crippen molar-refractivity contribution in [3.05, 3.63) is 27.1 Å². The van der Waals surface area contributed by atoms with Crippen LogP contribution >= 0.6 is 31.9 Å². The molecule has 1 fully saturated rings. The summed E-state index contributed by atoms with van der Waals surface area (Å²) in [7, 11) is -3.69. The van der Waals surface area contributed by atoms with Crippen molar-refractivity contribution < 1.29 is 8.42 Å². The van der Waals surface area contributed by atoms with E-state index in [2.05, 4.69) is 37.9 Å². The van der Waals surface area contributed by atoms with Crippen molar-refractivity contribution in [1.82, 2.24) is 0 Å². The molecule has 0 aliphatic heterocycles. The van der Waals surface area contributed by atoms with Crippen LogP contribution in [0, 0.1) is 17.2 Å². The summed E-state index contributed by atoms with van der Waals surface area (Å²) in [6, 6.07) is 7.09. The van der Waals surface area contributed by atoms with Gasteiger partial charge in [-0.25, -0.2) is 8.42 Å². The molecule has 0 amide bonds. The molecule has 1 saturated carbocycles. The second-order valence-corrected chi connectivity index (χ2v) is 8.82. The minimum atomic E-state index is -3.69. The monoisotopic (exact) mass is 405 g/mol. The molecule has 1 aromatic rings. The molecule has 0 aromatic heterocycles. The second kappa shape index (κ2) is 5.19. The summed E-state index contributed by atoms with van der Waals surface area (Å²) in [6.07, 6.45) is 1.96. The SMILES string of the molecule is CC1CCCC1(C#N)S(=O)(=O)c1cc(Br)ccc1Br. The van der Waals surface area contributed by atoms with E-state index in [1.807, 2.05) is 6.92 Å². The summed E-state index contributed by atoms with van der Waals surface area (Å²) in [5, 5.41) is 9.49. The Morgan fingerprint density at radius 3 is 2.63 bits per heavy atom. The van der Waals surface area contributed by atoms with E-state index in [0.29, 0.717) is 15.4 Å². The first-order valence-electron chi connectivity index (χ1n) is 5.96. The van der Waals surface area contributed by atoms with Crippen molar-refractivity contribution in [3.63, 3.8) is 0 Å². The van der Waals surface area contributed by atoms with Gasteiger partial charge in [0.1, 0.15) is 0 Å². The molecule has 6 heteroatoms. The van der Waals surface area contributed by atoms with E-state index < -0.39 is 14.6 Å². The van der Waals surface area contributed by atoms with Crippen molar-refractivity contribution in [2.75, 3.05) is 0 Å². The van der Waals surface area contributed by atoms with Gasteiger partial charge >= 0.3 is 0 Å². The molecule has 2 rings (SSSR count). The van der Waals surface area contributed by atoms with Crippen LogP contribution in [0.15, 0.2) is 32.0 Å². The number of hydrogen-bond acceptors (Lipinski definition) is 3. The Bertz CT molecular complexity index is 651. The van der Waals surface area contributed by atoms with Crippen LogP contribution in [0.3, 0.4) is 0 Å². The minimum Gasteiger partial charge on any atom is -0.222 e.